The first kappa shape index (κ1) is 14.8. The maximum atomic E-state index is 6.23. The maximum Gasteiger partial charge on any atom is 0.0761 e. The molecular weight excluding hydrogens is 284 g/mol. The highest BCUT2D eigenvalue weighted by Gasteiger charge is 2.26. The molecule has 1 N–H and O–H groups in total. The lowest BCUT2D eigenvalue weighted by molar-refractivity contribution is 0.0240. The number of benzene rings is 1. The number of hydrogen-bond acceptors (Lipinski definition) is 3. The van der Waals surface area contributed by atoms with Crippen LogP contribution in [-0.4, -0.2) is 24.7 Å². The van der Waals surface area contributed by atoms with Crippen LogP contribution in [0.3, 0.4) is 0 Å². The van der Waals surface area contributed by atoms with E-state index in [1.807, 2.05) is 24.4 Å². The van der Waals surface area contributed by atoms with E-state index in [1.165, 1.54) is 5.56 Å². The first-order valence-electron chi connectivity index (χ1n) is 7.49. The second kappa shape index (κ2) is 6.30. The number of nitrogens with zero attached hydrogens (tertiary/aromatic N) is 1. The predicted molar refractivity (Wildman–Crippen MR) is 86.6 cm³/mol. The van der Waals surface area contributed by atoms with Crippen molar-refractivity contribution in [2.75, 3.05) is 19.8 Å². The molecule has 0 bridgehead atoms. The third-order valence-corrected chi connectivity index (χ3v) is 4.70. The van der Waals surface area contributed by atoms with Gasteiger partial charge in [-0.1, -0.05) is 24.6 Å². The summed E-state index contributed by atoms with van der Waals surface area (Å²) in [4.78, 5) is 4.48. The Kier molecular flexibility index (Phi) is 4.43. The van der Waals surface area contributed by atoms with Crippen LogP contribution in [0.1, 0.15) is 25.3 Å². The number of halogens is 1. The van der Waals surface area contributed by atoms with Crippen molar-refractivity contribution in [3.8, 4) is 0 Å². The third kappa shape index (κ3) is 3.37. The van der Waals surface area contributed by atoms with Crippen molar-refractivity contribution in [3.05, 3.63) is 41.0 Å². The molecule has 1 aromatic carbocycles. The molecule has 0 amide bonds. The molecule has 4 heteroatoms. The van der Waals surface area contributed by atoms with E-state index in [0.717, 1.165) is 55.1 Å². The highest BCUT2D eigenvalue weighted by atomic mass is 35.5. The lowest BCUT2D eigenvalue weighted by atomic mass is 9.82. The summed E-state index contributed by atoms with van der Waals surface area (Å²) < 4.78 is 5.45. The standard InChI is InChI=1S/C17H21ClN2O/c1-17(6-9-21-10-7-17)12-19-11-13-4-5-15(18)14-3-2-8-20-16(13)14/h2-5,8,19H,6-7,9-12H2,1H3. The van der Waals surface area contributed by atoms with Crippen molar-refractivity contribution in [3.63, 3.8) is 0 Å². The molecule has 0 spiro atoms. The van der Waals surface area contributed by atoms with E-state index in [1.54, 1.807) is 0 Å². The fraction of sp³-hybridized carbons (Fsp3) is 0.471. The van der Waals surface area contributed by atoms with Crippen molar-refractivity contribution >= 4 is 22.5 Å². The average Bonchev–Trinajstić information content (AvgIpc) is 2.50. The monoisotopic (exact) mass is 304 g/mol. The minimum atomic E-state index is 0.341. The summed E-state index contributed by atoms with van der Waals surface area (Å²) in [7, 11) is 0. The van der Waals surface area contributed by atoms with Gasteiger partial charge in [-0.15, -0.1) is 0 Å². The number of ether oxygens (including phenoxy) is 1. The summed E-state index contributed by atoms with van der Waals surface area (Å²) in [6.07, 6.45) is 4.07. The van der Waals surface area contributed by atoms with Crippen LogP contribution in [0.25, 0.3) is 10.9 Å². The Morgan fingerprint density at radius 1 is 1.29 bits per heavy atom. The second-order valence-electron chi connectivity index (χ2n) is 6.13. The molecule has 1 fully saturated rings. The molecule has 21 heavy (non-hydrogen) atoms. The highest BCUT2D eigenvalue weighted by molar-refractivity contribution is 6.35. The molecule has 1 aliphatic heterocycles. The molecule has 0 radical (unpaired) electrons. The molecule has 3 rings (SSSR count). The Hall–Kier alpha value is -1.16. The van der Waals surface area contributed by atoms with E-state index < -0.39 is 0 Å². The van der Waals surface area contributed by atoms with Gasteiger partial charge in [0.15, 0.2) is 0 Å². The number of hydrogen-bond donors (Lipinski definition) is 1. The second-order valence-corrected chi connectivity index (χ2v) is 6.54. The van der Waals surface area contributed by atoms with Crippen LogP contribution in [0.15, 0.2) is 30.5 Å². The molecule has 2 aromatic rings. The Morgan fingerprint density at radius 3 is 2.90 bits per heavy atom. The van der Waals surface area contributed by atoms with E-state index in [-0.39, 0.29) is 0 Å². The van der Waals surface area contributed by atoms with E-state index in [2.05, 4.69) is 23.3 Å². The molecular formula is C17H21ClN2O. The molecule has 0 unspecified atom stereocenters. The van der Waals surface area contributed by atoms with Gasteiger partial charge in [0.05, 0.1) is 5.52 Å². The van der Waals surface area contributed by atoms with Gasteiger partial charge < -0.3 is 10.1 Å². The zero-order chi connectivity index (χ0) is 14.7. The van der Waals surface area contributed by atoms with Crippen molar-refractivity contribution in [1.82, 2.24) is 10.3 Å². The third-order valence-electron chi connectivity index (χ3n) is 4.37. The van der Waals surface area contributed by atoms with Gasteiger partial charge in [0.1, 0.15) is 0 Å². The summed E-state index contributed by atoms with van der Waals surface area (Å²) >= 11 is 6.23. The fourth-order valence-corrected chi connectivity index (χ4v) is 3.09. The van der Waals surface area contributed by atoms with Crippen molar-refractivity contribution < 1.29 is 4.74 Å². The van der Waals surface area contributed by atoms with Gasteiger partial charge in [-0.05, 0) is 42.0 Å². The van der Waals surface area contributed by atoms with Gasteiger partial charge in [0.2, 0.25) is 0 Å². The molecule has 3 nitrogen and oxygen atoms in total. The molecule has 112 valence electrons. The Bertz CT molecular complexity index is 623. The van der Waals surface area contributed by atoms with Crippen LogP contribution in [0, 0.1) is 5.41 Å². The van der Waals surface area contributed by atoms with E-state index in [4.69, 9.17) is 16.3 Å². The van der Waals surface area contributed by atoms with Gasteiger partial charge in [-0.25, -0.2) is 0 Å². The lowest BCUT2D eigenvalue weighted by Crippen LogP contribution is -2.36. The lowest BCUT2D eigenvalue weighted by Gasteiger charge is -2.33. The van der Waals surface area contributed by atoms with Crippen LogP contribution in [-0.2, 0) is 11.3 Å². The number of rotatable bonds is 4. The van der Waals surface area contributed by atoms with Gasteiger partial charge in [-0.2, -0.15) is 0 Å². The topological polar surface area (TPSA) is 34.2 Å². The van der Waals surface area contributed by atoms with Crippen molar-refractivity contribution in [2.24, 2.45) is 5.41 Å². The first-order valence-corrected chi connectivity index (χ1v) is 7.86. The summed E-state index contributed by atoms with van der Waals surface area (Å²) in [6, 6.07) is 7.97. The van der Waals surface area contributed by atoms with Gasteiger partial charge in [0.25, 0.3) is 0 Å². The molecule has 2 heterocycles. The van der Waals surface area contributed by atoms with E-state index >= 15 is 0 Å². The van der Waals surface area contributed by atoms with Gasteiger partial charge in [-0.3, -0.25) is 4.98 Å². The Balaban J connectivity index is 1.69. The number of aromatic nitrogens is 1. The first-order chi connectivity index (χ1) is 10.2. The minimum absolute atomic E-state index is 0.341. The van der Waals surface area contributed by atoms with Crippen LogP contribution < -0.4 is 5.32 Å². The zero-order valence-electron chi connectivity index (χ0n) is 12.4. The molecule has 1 aliphatic rings. The number of fused-ring (bicyclic) bond motifs is 1. The fourth-order valence-electron chi connectivity index (χ4n) is 2.88. The van der Waals surface area contributed by atoms with Crippen LogP contribution in [0.5, 0.6) is 0 Å². The molecule has 1 saturated heterocycles. The van der Waals surface area contributed by atoms with Crippen LogP contribution in [0.4, 0.5) is 0 Å². The average molecular weight is 305 g/mol. The molecule has 0 saturated carbocycles. The minimum Gasteiger partial charge on any atom is -0.381 e. The zero-order valence-corrected chi connectivity index (χ0v) is 13.1. The largest absolute Gasteiger partial charge is 0.381 e. The van der Waals surface area contributed by atoms with Crippen molar-refractivity contribution in [1.29, 1.82) is 0 Å². The molecule has 1 aromatic heterocycles. The predicted octanol–water partition coefficient (Wildman–Crippen LogP) is 3.79. The number of pyridine rings is 1. The SMILES string of the molecule is CC1(CNCc2ccc(Cl)c3cccnc23)CCOCC1. The molecule has 0 aliphatic carbocycles. The van der Waals surface area contributed by atoms with Crippen LogP contribution >= 0.6 is 11.6 Å². The summed E-state index contributed by atoms with van der Waals surface area (Å²) in [6.45, 7) is 5.92. The number of nitrogens with one attached hydrogen (secondary N) is 1. The Labute approximate surface area is 130 Å². The summed E-state index contributed by atoms with van der Waals surface area (Å²) in [5.74, 6) is 0. The molecule has 0 atom stereocenters. The smallest absolute Gasteiger partial charge is 0.0761 e. The van der Waals surface area contributed by atoms with E-state index in [9.17, 15) is 0 Å². The van der Waals surface area contributed by atoms with Crippen LogP contribution in [0.2, 0.25) is 5.02 Å². The van der Waals surface area contributed by atoms with Gasteiger partial charge in [0, 0.05) is 42.9 Å². The maximum absolute atomic E-state index is 6.23. The highest BCUT2D eigenvalue weighted by Crippen LogP contribution is 2.29. The normalized spacial score (nSPS) is 18.0. The Morgan fingerprint density at radius 2 is 2.10 bits per heavy atom. The van der Waals surface area contributed by atoms with E-state index in [0.29, 0.717) is 5.41 Å². The quantitative estimate of drug-likeness (QED) is 0.933. The summed E-state index contributed by atoms with van der Waals surface area (Å²) in [5, 5.41) is 5.37. The van der Waals surface area contributed by atoms with Crippen molar-refractivity contribution in [2.45, 2.75) is 26.3 Å². The summed E-state index contributed by atoms with van der Waals surface area (Å²) in [5.41, 5.74) is 2.54. The van der Waals surface area contributed by atoms with Gasteiger partial charge >= 0.3 is 0 Å².